The number of hydrogen-bond acceptors (Lipinski definition) is 4. The van der Waals surface area contributed by atoms with Crippen molar-refractivity contribution in [3.05, 3.63) is 0 Å². The second-order valence-electron chi connectivity index (χ2n) is 2.65. The third kappa shape index (κ3) is 11.8. The zero-order valence-electron chi connectivity index (χ0n) is 7.82. The zero-order chi connectivity index (χ0) is 10.2. The van der Waals surface area contributed by atoms with Crippen LogP contribution < -0.4 is 5.32 Å². The molecule has 0 aliphatic heterocycles. The summed E-state index contributed by atoms with van der Waals surface area (Å²) in [5.74, 6) is -0.333. The molecule has 2 N–H and O–H groups in total. The fourth-order valence-electron chi connectivity index (χ4n) is 0.712. The van der Waals surface area contributed by atoms with E-state index < -0.39 is 10.1 Å². The van der Waals surface area contributed by atoms with Crippen LogP contribution >= 0.6 is 0 Å². The van der Waals surface area contributed by atoms with Crippen molar-refractivity contribution >= 4 is 10.1 Å². The predicted octanol–water partition coefficient (Wildman–Crippen LogP) is -0.110. The van der Waals surface area contributed by atoms with Gasteiger partial charge in [0, 0.05) is 6.54 Å². The molecule has 80 valence electrons. The van der Waals surface area contributed by atoms with Gasteiger partial charge in [-0.1, -0.05) is 6.92 Å². The lowest BCUT2D eigenvalue weighted by Gasteiger charge is -2.03. The van der Waals surface area contributed by atoms with E-state index in [2.05, 4.69) is 12.2 Å². The Labute approximate surface area is 79.2 Å². The van der Waals surface area contributed by atoms with Crippen LogP contribution in [-0.4, -0.2) is 45.0 Å². The van der Waals surface area contributed by atoms with Crippen molar-refractivity contribution < 1.29 is 17.7 Å². The van der Waals surface area contributed by atoms with Gasteiger partial charge in [-0.2, -0.15) is 8.42 Å². The Bertz CT molecular complexity index is 203. The highest BCUT2D eigenvalue weighted by atomic mass is 32.2. The second kappa shape index (κ2) is 7.25. The Morgan fingerprint density at radius 1 is 1.31 bits per heavy atom. The molecule has 0 unspecified atom stereocenters. The first-order valence-corrected chi connectivity index (χ1v) is 5.91. The molecule has 0 bridgehead atoms. The Kier molecular flexibility index (Phi) is 7.16. The van der Waals surface area contributed by atoms with Crippen LogP contribution in [0.4, 0.5) is 0 Å². The van der Waals surface area contributed by atoms with Crippen LogP contribution in [0.1, 0.15) is 13.3 Å². The minimum absolute atomic E-state index is 0.0483. The normalized spacial score (nSPS) is 11.8. The molecule has 0 aromatic rings. The summed E-state index contributed by atoms with van der Waals surface area (Å²) < 4.78 is 33.7. The average molecular weight is 211 g/mol. The zero-order valence-corrected chi connectivity index (χ0v) is 8.64. The summed E-state index contributed by atoms with van der Waals surface area (Å²) >= 11 is 0. The summed E-state index contributed by atoms with van der Waals surface area (Å²) in [7, 11) is -3.87. The molecule has 0 aromatic carbocycles. The summed E-state index contributed by atoms with van der Waals surface area (Å²) in [6, 6.07) is 0. The van der Waals surface area contributed by atoms with Crippen LogP contribution in [0.3, 0.4) is 0 Å². The summed E-state index contributed by atoms with van der Waals surface area (Å²) in [5, 5.41) is 3.10. The van der Waals surface area contributed by atoms with Crippen molar-refractivity contribution in [1.82, 2.24) is 5.32 Å². The largest absolute Gasteiger partial charge is 0.379 e. The topological polar surface area (TPSA) is 75.6 Å². The molecule has 0 aromatic heterocycles. The number of nitrogens with one attached hydrogen (secondary N) is 1. The smallest absolute Gasteiger partial charge is 0.267 e. The SMILES string of the molecule is CCCNCCOCCS(=O)(=O)O. The van der Waals surface area contributed by atoms with Crippen molar-refractivity contribution in [3.63, 3.8) is 0 Å². The Morgan fingerprint density at radius 3 is 2.54 bits per heavy atom. The Hall–Kier alpha value is -0.170. The third-order valence-electron chi connectivity index (χ3n) is 1.34. The second-order valence-corrected chi connectivity index (χ2v) is 4.22. The molecule has 0 aliphatic rings. The molecule has 5 nitrogen and oxygen atoms in total. The fraction of sp³-hybridized carbons (Fsp3) is 1.00. The van der Waals surface area contributed by atoms with Crippen molar-refractivity contribution in [2.45, 2.75) is 13.3 Å². The first-order valence-electron chi connectivity index (χ1n) is 4.30. The first-order chi connectivity index (χ1) is 6.06. The minimum atomic E-state index is -3.87. The summed E-state index contributed by atoms with van der Waals surface area (Å²) in [6.07, 6.45) is 1.06. The highest BCUT2D eigenvalue weighted by molar-refractivity contribution is 7.85. The summed E-state index contributed by atoms with van der Waals surface area (Å²) in [5.41, 5.74) is 0. The minimum Gasteiger partial charge on any atom is -0.379 e. The standard InChI is InChI=1S/C7H17NO4S/c1-2-3-8-4-5-12-6-7-13(9,10)11/h8H,2-7H2,1H3,(H,9,10,11). The molecule has 0 atom stereocenters. The summed E-state index contributed by atoms with van der Waals surface area (Å²) in [6.45, 7) is 4.22. The van der Waals surface area contributed by atoms with E-state index in [1.54, 1.807) is 0 Å². The van der Waals surface area contributed by atoms with Crippen LogP contribution in [0, 0.1) is 0 Å². The molecular formula is C7H17NO4S. The van der Waals surface area contributed by atoms with Gasteiger partial charge in [-0.3, -0.25) is 4.55 Å². The maximum absolute atomic E-state index is 10.2. The van der Waals surface area contributed by atoms with Gasteiger partial charge in [0.05, 0.1) is 19.0 Å². The summed E-state index contributed by atoms with van der Waals surface area (Å²) in [4.78, 5) is 0. The first kappa shape index (κ1) is 12.8. The van der Waals surface area contributed by atoms with Crippen molar-refractivity contribution in [2.24, 2.45) is 0 Å². The number of rotatable bonds is 8. The van der Waals surface area contributed by atoms with Gasteiger partial charge in [0.15, 0.2) is 0 Å². The monoisotopic (exact) mass is 211 g/mol. The van der Waals surface area contributed by atoms with E-state index in [1.807, 2.05) is 0 Å². The molecule has 0 saturated carbocycles. The van der Waals surface area contributed by atoms with Gasteiger partial charge in [0.25, 0.3) is 10.1 Å². The van der Waals surface area contributed by atoms with E-state index in [0.717, 1.165) is 13.0 Å². The molecule has 0 rings (SSSR count). The van der Waals surface area contributed by atoms with Crippen LogP contribution in [0.15, 0.2) is 0 Å². The van der Waals surface area contributed by atoms with E-state index in [-0.39, 0.29) is 12.4 Å². The van der Waals surface area contributed by atoms with Gasteiger partial charge in [-0.05, 0) is 13.0 Å². The lowest BCUT2D eigenvalue weighted by molar-refractivity contribution is 0.149. The maximum atomic E-state index is 10.2. The molecule has 0 radical (unpaired) electrons. The van der Waals surface area contributed by atoms with Gasteiger partial charge >= 0.3 is 0 Å². The molecule has 13 heavy (non-hydrogen) atoms. The molecule has 0 spiro atoms. The average Bonchev–Trinajstić information content (AvgIpc) is 2.01. The van der Waals surface area contributed by atoms with Gasteiger partial charge < -0.3 is 10.1 Å². The lowest BCUT2D eigenvalue weighted by Crippen LogP contribution is -2.21. The highest BCUT2D eigenvalue weighted by Gasteiger charge is 2.02. The molecule has 6 heteroatoms. The van der Waals surface area contributed by atoms with E-state index in [4.69, 9.17) is 9.29 Å². The highest BCUT2D eigenvalue weighted by Crippen LogP contribution is 1.82. The van der Waals surface area contributed by atoms with Gasteiger partial charge in [0.1, 0.15) is 0 Å². The molecular weight excluding hydrogens is 194 g/mol. The van der Waals surface area contributed by atoms with E-state index >= 15 is 0 Å². The predicted molar refractivity (Wildman–Crippen MR) is 50.4 cm³/mol. The number of hydrogen-bond donors (Lipinski definition) is 2. The molecule has 0 saturated heterocycles. The number of ether oxygens (including phenoxy) is 1. The van der Waals surface area contributed by atoms with Crippen LogP contribution in [0.2, 0.25) is 0 Å². The van der Waals surface area contributed by atoms with Gasteiger partial charge in [-0.15, -0.1) is 0 Å². The Balaban J connectivity index is 3.09. The fourth-order valence-corrected chi connectivity index (χ4v) is 1.04. The third-order valence-corrected chi connectivity index (χ3v) is 2.02. The van der Waals surface area contributed by atoms with Crippen molar-refractivity contribution in [2.75, 3.05) is 32.1 Å². The molecule has 0 aliphatic carbocycles. The maximum Gasteiger partial charge on any atom is 0.267 e. The van der Waals surface area contributed by atoms with Crippen LogP contribution in [0.25, 0.3) is 0 Å². The van der Waals surface area contributed by atoms with E-state index in [0.29, 0.717) is 13.2 Å². The van der Waals surface area contributed by atoms with Gasteiger partial charge in [0.2, 0.25) is 0 Å². The van der Waals surface area contributed by atoms with Crippen LogP contribution in [-0.2, 0) is 14.9 Å². The van der Waals surface area contributed by atoms with Crippen molar-refractivity contribution in [1.29, 1.82) is 0 Å². The van der Waals surface area contributed by atoms with E-state index in [1.165, 1.54) is 0 Å². The van der Waals surface area contributed by atoms with Gasteiger partial charge in [-0.25, -0.2) is 0 Å². The van der Waals surface area contributed by atoms with Crippen molar-refractivity contribution in [3.8, 4) is 0 Å². The lowest BCUT2D eigenvalue weighted by atomic mass is 10.5. The van der Waals surface area contributed by atoms with Crippen LogP contribution in [0.5, 0.6) is 0 Å². The van der Waals surface area contributed by atoms with E-state index in [9.17, 15) is 8.42 Å². The molecule has 0 amide bonds. The Morgan fingerprint density at radius 2 is 2.00 bits per heavy atom. The quantitative estimate of drug-likeness (QED) is 0.433. The molecule has 0 fully saturated rings. The molecule has 0 heterocycles.